The third-order valence-electron chi connectivity index (χ3n) is 3.47. The quantitative estimate of drug-likeness (QED) is 0.762. The Hall–Kier alpha value is -1.29. The van der Waals surface area contributed by atoms with Crippen molar-refractivity contribution in [2.75, 3.05) is 13.1 Å². The Bertz CT molecular complexity index is 576. The molecular formula is C13H16N2OS. The second kappa shape index (κ2) is 3.88. The maximum atomic E-state index is 12.3. The average Bonchev–Trinajstić information content (AvgIpc) is 2.96. The molecule has 0 aromatic carbocycles. The predicted octanol–water partition coefficient (Wildman–Crippen LogP) is 2.78. The summed E-state index contributed by atoms with van der Waals surface area (Å²) < 4.78 is 3.24. The smallest absolute Gasteiger partial charge is 0.270 e. The van der Waals surface area contributed by atoms with E-state index in [4.69, 9.17) is 0 Å². The number of fused-ring (bicyclic) bond motifs is 1. The minimum atomic E-state index is 0.186. The Morgan fingerprint density at radius 3 is 2.65 bits per heavy atom. The minimum absolute atomic E-state index is 0.186. The summed E-state index contributed by atoms with van der Waals surface area (Å²) in [5, 5.41) is 0. The highest BCUT2D eigenvalue weighted by molar-refractivity contribution is 7.19. The Balaban J connectivity index is 2.02. The van der Waals surface area contributed by atoms with Gasteiger partial charge in [-0.15, -0.1) is 11.3 Å². The largest absolute Gasteiger partial charge is 0.339 e. The summed E-state index contributed by atoms with van der Waals surface area (Å²) in [6, 6.07) is 4.19. The summed E-state index contributed by atoms with van der Waals surface area (Å²) in [5.41, 5.74) is 2.00. The molecule has 3 nitrogen and oxygen atoms in total. The molecule has 0 atom stereocenters. The minimum Gasteiger partial charge on any atom is -0.339 e. The van der Waals surface area contributed by atoms with Crippen molar-refractivity contribution in [3.63, 3.8) is 0 Å². The molecule has 1 saturated heterocycles. The first-order valence-corrected chi connectivity index (χ1v) is 6.83. The van der Waals surface area contributed by atoms with Crippen molar-refractivity contribution in [1.29, 1.82) is 0 Å². The number of hydrogen-bond donors (Lipinski definition) is 0. The van der Waals surface area contributed by atoms with E-state index >= 15 is 0 Å². The van der Waals surface area contributed by atoms with E-state index in [2.05, 4.69) is 13.0 Å². The number of amides is 1. The van der Waals surface area contributed by atoms with E-state index in [-0.39, 0.29) is 5.91 Å². The highest BCUT2D eigenvalue weighted by Gasteiger charge is 2.23. The second-order valence-electron chi connectivity index (χ2n) is 4.69. The molecule has 3 rings (SSSR count). The molecule has 0 bridgehead atoms. The molecule has 1 aliphatic rings. The van der Waals surface area contributed by atoms with E-state index in [1.165, 1.54) is 15.1 Å². The number of rotatable bonds is 1. The van der Waals surface area contributed by atoms with Gasteiger partial charge in [-0.2, -0.15) is 0 Å². The van der Waals surface area contributed by atoms with Gasteiger partial charge in [-0.05, 0) is 31.9 Å². The van der Waals surface area contributed by atoms with E-state index in [1.807, 2.05) is 22.6 Å². The van der Waals surface area contributed by atoms with Crippen LogP contribution in [0, 0.1) is 6.92 Å². The van der Waals surface area contributed by atoms with Crippen molar-refractivity contribution < 1.29 is 4.79 Å². The van der Waals surface area contributed by atoms with E-state index in [9.17, 15) is 4.79 Å². The number of nitrogens with zero attached hydrogens (tertiary/aromatic N) is 2. The molecule has 0 unspecified atom stereocenters. The molecule has 0 radical (unpaired) electrons. The fraction of sp³-hybridized carbons (Fsp3) is 0.462. The summed E-state index contributed by atoms with van der Waals surface area (Å²) in [4.78, 5) is 15.6. The van der Waals surface area contributed by atoms with Crippen LogP contribution in [-0.4, -0.2) is 28.5 Å². The van der Waals surface area contributed by atoms with Crippen LogP contribution in [0.5, 0.6) is 0 Å². The van der Waals surface area contributed by atoms with Gasteiger partial charge in [-0.25, -0.2) is 0 Å². The summed E-state index contributed by atoms with van der Waals surface area (Å²) in [6.45, 7) is 3.93. The Labute approximate surface area is 105 Å². The molecule has 1 aliphatic heterocycles. The highest BCUT2D eigenvalue weighted by Crippen LogP contribution is 2.28. The highest BCUT2D eigenvalue weighted by atomic mass is 32.1. The molecule has 4 heteroatoms. The Kier molecular flexibility index (Phi) is 2.47. The molecule has 0 spiro atoms. The zero-order valence-corrected chi connectivity index (χ0v) is 11.0. The summed E-state index contributed by atoms with van der Waals surface area (Å²) in [5.74, 6) is 0.186. The van der Waals surface area contributed by atoms with Gasteiger partial charge in [-0.1, -0.05) is 0 Å². The van der Waals surface area contributed by atoms with Crippen molar-refractivity contribution in [2.24, 2.45) is 7.05 Å². The number of aryl methyl sites for hydroxylation is 2. The Morgan fingerprint density at radius 2 is 2.00 bits per heavy atom. The molecule has 17 heavy (non-hydrogen) atoms. The van der Waals surface area contributed by atoms with Crippen LogP contribution in [-0.2, 0) is 7.05 Å². The van der Waals surface area contributed by atoms with Crippen molar-refractivity contribution in [2.45, 2.75) is 19.8 Å². The zero-order chi connectivity index (χ0) is 12.0. The third kappa shape index (κ3) is 1.67. The van der Waals surface area contributed by atoms with Gasteiger partial charge in [0.25, 0.3) is 5.91 Å². The third-order valence-corrected chi connectivity index (χ3v) is 4.45. The number of likely N-dealkylation sites (tertiary alicyclic amines) is 1. The maximum Gasteiger partial charge on any atom is 0.270 e. The molecule has 0 aliphatic carbocycles. The van der Waals surface area contributed by atoms with E-state index in [1.54, 1.807) is 11.3 Å². The van der Waals surface area contributed by atoms with Gasteiger partial charge in [0.1, 0.15) is 5.69 Å². The zero-order valence-electron chi connectivity index (χ0n) is 10.2. The summed E-state index contributed by atoms with van der Waals surface area (Å²) >= 11 is 1.76. The monoisotopic (exact) mass is 248 g/mol. The van der Waals surface area contributed by atoms with Gasteiger partial charge in [0, 0.05) is 25.0 Å². The first kappa shape index (κ1) is 10.8. The predicted molar refractivity (Wildman–Crippen MR) is 70.7 cm³/mol. The van der Waals surface area contributed by atoms with Crippen LogP contribution in [0.1, 0.15) is 28.2 Å². The number of carbonyl (C=O) groups is 1. The van der Waals surface area contributed by atoms with Crippen LogP contribution in [0.3, 0.4) is 0 Å². The van der Waals surface area contributed by atoms with E-state index < -0.39 is 0 Å². The van der Waals surface area contributed by atoms with Gasteiger partial charge < -0.3 is 9.47 Å². The first-order valence-electron chi connectivity index (χ1n) is 6.02. The molecule has 3 heterocycles. The maximum absolute atomic E-state index is 12.3. The number of aromatic nitrogens is 1. The van der Waals surface area contributed by atoms with Crippen molar-refractivity contribution in [3.05, 3.63) is 22.7 Å². The fourth-order valence-electron chi connectivity index (χ4n) is 2.52. The molecule has 0 saturated carbocycles. The average molecular weight is 248 g/mol. The Morgan fingerprint density at radius 1 is 1.29 bits per heavy atom. The summed E-state index contributed by atoms with van der Waals surface area (Å²) in [6.07, 6.45) is 2.28. The van der Waals surface area contributed by atoms with Crippen LogP contribution in [0.2, 0.25) is 0 Å². The molecule has 1 amide bonds. The second-order valence-corrected chi connectivity index (χ2v) is 5.98. The van der Waals surface area contributed by atoms with Gasteiger partial charge in [0.2, 0.25) is 0 Å². The normalized spacial score (nSPS) is 16.0. The number of hydrogen-bond acceptors (Lipinski definition) is 2. The SMILES string of the molecule is Cc1cc2c(cc(C(=O)N3CCCC3)n2C)s1. The molecule has 0 N–H and O–H groups in total. The van der Waals surface area contributed by atoms with Crippen LogP contribution >= 0.6 is 11.3 Å². The lowest BCUT2D eigenvalue weighted by Crippen LogP contribution is -2.29. The van der Waals surface area contributed by atoms with Crippen molar-refractivity contribution in [3.8, 4) is 0 Å². The standard InChI is InChI=1S/C13H16N2OS/c1-9-7-10-12(17-9)8-11(14(10)2)13(16)15-5-3-4-6-15/h7-8H,3-6H2,1-2H3. The van der Waals surface area contributed by atoms with E-state index in [0.717, 1.165) is 31.6 Å². The lowest BCUT2D eigenvalue weighted by molar-refractivity contribution is 0.0784. The van der Waals surface area contributed by atoms with Crippen LogP contribution in [0.15, 0.2) is 12.1 Å². The topological polar surface area (TPSA) is 25.2 Å². The van der Waals surface area contributed by atoms with Gasteiger partial charge in [0.15, 0.2) is 0 Å². The fourth-order valence-corrected chi connectivity index (χ4v) is 3.51. The number of thiophene rings is 1. The number of carbonyl (C=O) groups excluding carboxylic acids is 1. The van der Waals surface area contributed by atoms with Gasteiger partial charge in [0.05, 0.1) is 10.2 Å². The lowest BCUT2D eigenvalue weighted by Gasteiger charge is -2.15. The van der Waals surface area contributed by atoms with Crippen molar-refractivity contribution >= 4 is 27.5 Å². The molecular weight excluding hydrogens is 232 g/mol. The molecule has 1 fully saturated rings. The van der Waals surface area contributed by atoms with Gasteiger partial charge in [-0.3, -0.25) is 4.79 Å². The first-order chi connectivity index (χ1) is 8.16. The summed E-state index contributed by atoms with van der Waals surface area (Å²) in [7, 11) is 1.98. The van der Waals surface area contributed by atoms with Crippen LogP contribution in [0.4, 0.5) is 0 Å². The van der Waals surface area contributed by atoms with Crippen LogP contribution < -0.4 is 0 Å². The van der Waals surface area contributed by atoms with Crippen molar-refractivity contribution in [1.82, 2.24) is 9.47 Å². The molecule has 90 valence electrons. The van der Waals surface area contributed by atoms with Crippen LogP contribution in [0.25, 0.3) is 10.2 Å². The van der Waals surface area contributed by atoms with E-state index in [0.29, 0.717) is 0 Å². The van der Waals surface area contributed by atoms with Gasteiger partial charge >= 0.3 is 0 Å². The molecule has 2 aromatic rings. The molecule has 2 aromatic heterocycles. The lowest BCUT2D eigenvalue weighted by atomic mass is 10.3.